The largest absolute Gasteiger partial charge is 0.302 e. The molecule has 2 heterocycles. The Kier molecular flexibility index (Phi) is 7.14. The van der Waals surface area contributed by atoms with Crippen LogP contribution in [-0.4, -0.2) is 51.4 Å². The lowest BCUT2D eigenvalue weighted by molar-refractivity contribution is -0.120. The number of amides is 1. The van der Waals surface area contributed by atoms with Gasteiger partial charge in [0.15, 0.2) is 15.0 Å². The number of sulfone groups is 1. The molecular formula is C24H27N3O5S3. The molecule has 0 spiro atoms. The first kappa shape index (κ1) is 25.5. The first-order valence-electron chi connectivity index (χ1n) is 11.1. The average Bonchev–Trinajstić information content (AvgIpc) is 3.28. The number of piperidine rings is 1. The van der Waals surface area contributed by atoms with E-state index in [1.54, 1.807) is 0 Å². The molecule has 1 aliphatic heterocycles. The van der Waals surface area contributed by atoms with Crippen LogP contribution >= 0.6 is 11.3 Å². The van der Waals surface area contributed by atoms with E-state index in [0.717, 1.165) is 28.6 Å². The number of hydrogen-bond acceptors (Lipinski definition) is 7. The van der Waals surface area contributed by atoms with Crippen LogP contribution < -0.4 is 5.32 Å². The molecule has 4 rings (SSSR count). The van der Waals surface area contributed by atoms with E-state index in [9.17, 15) is 21.6 Å². The molecule has 11 heteroatoms. The summed E-state index contributed by atoms with van der Waals surface area (Å²) < 4.78 is 50.5. The summed E-state index contributed by atoms with van der Waals surface area (Å²) in [7, 11) is -7.18. The van der Waals surface area contributed by atoms with Crippen LogP contribution in [-0.2, 0) is 24.7 Å². The Labute approximate surface area is 210 Å². The molecule has 1 saturated heterocycles. The summed E-state index contributed by atoms with van der Waals surface area (Å²) in [6.45, 7) is 4.46. The second-order valence-corrected chi connectivity index (χ2v) is 13.6. The molecule has 1 N–H and O–H groups in total. The molecular weight excluding hydrogens is 506 g/mol. The number of sulfonamides is 1. The second kappa shape index (κ2) is 9.81. The van der Waals surface area contributed by atoms with Crippen LogP contribution in [0.25, 0.3) is 11.3 Å². The average molecular weight is 534 g/mol. The fourth-order valence-corrected chi connectivity index (χ4v) is 6.85. The van der Waals surface area contributed by atoms with E-state index in [1.807, 2.05) is 31.4 Å². The van der Waals surface area contributed by atoms with Gasteiger partial charge in [-0.1, -0.05) is 17.7 Å². The molecule has 0 radical (unpaired) electrons. The van der Waals surface area contributed by atoms with Crippen LogP contribution in [0.3, 0.4) is 0 Å². The predicted octanol–water partition coefficient (Wildman–Crippen LogP) is 3.87. The van der Waals surface area contributed by atoms with Crippen molar-refractivity contribution in [3.63, 3.8) is 0 Å². The summed E-state index contributed by atoms with van der Waals surface area (Å²) in [5, 5.41) is 5.32. The van der Waals surface area contributed by atoms with Gasteiger partial charge in [0.25, 0.3) is 0 Å². The van der Waals surface area contributed by atoms with Crippen LogP contribution in [0.1, 0.15) is 24.0 Å². The lowest BCUT2D eigenvalue weighted by Crippen LogP contribution is -2.41. The fourth-order valence-electron chi connectivity index (χ4n) is 4.04. The Balaban J connectivity index is 1.38. The van der Waals surface area contributed by atoms with Gasteiger partial charge in [-0.25, -0.2) is 21.8 Å². The molecule has 0 bridgehead atoms. The maximum Gasteiger partial charge on any atom is 0.243 e. The van der Waals surface area contributed by atoms with Gasteiger partial charge in [0.05, 0.1) is 15.5 Å². The topological polar surface area (TPSA) is 114 Å². The minimum Gasteiger partial charge on any atom is -0.302 e. The number of carbonyl (C=O) groups excluding carboxylic acids is 1. The number of aryl methyl sites for hydroxylation is 2. The third kappa shape index (κ3) is 5.64. The highest BCUT2D eigenvalue weighted by molar-refractivity contribution is 7.90. The minimum atomic E-state index is -3.77. The molecule has 2 aromatic carbocycles. The highest BCUT2D eigenvalue weighted by atomic mass is 32.2. The van der Waals surface area contributed by atoms with Gasteiger partial charge >= 0.3 is 0 Å². The zero-order valence-electron chi connectivity index (χ0n) is 19.7. The Morgan fingerprint density at radius 1 is 1.00 bits per heavy atom. The molecule has 1 fully saturated rings. The van der Waals surface area contributed by atoms with Crippen molar-refractivity contribution in [2.24, 2.45) is 5.92 Å². The molecule has 1 aromatic heterocycles. The number of benzene rings is 2. The van der Waals surface area contributed by atoms with E-state index < -0.39 is 19.9 Å². The van der Waals surface area contributed by atoms with Crippen LogP contribution in [0.4, 0.5) is 5.13 Å². The summed E-state index contributed by atoms with van der Waals surface area (Å²) in [5.74, 6) is -0.483. The summed E-state index contributed by atoms with van der Waals surface area (Å²) in [4.78, 5) is 17.5. The van der Waals surface area contributed by atoms with Gasteiger partial charge in [0.1, 0.15) is 0 Å². The van der Waals surface area contributed by atoms with Crippen molar-refractivity contribution < 1.29 is 21.6 Å². The van der Waals surface area contributed by atoms with E-state index in [4.69, 9.17) is 0 Å². The van der Waals surface area contributed by atoms with Crippen molar-refractivity contribution in [1.29, 1.82) is 0 Å². The molecule has 0 aliphatic carbocycles. The van der Waals surface area contributed by atoms with Gasteiger partial charge < -0.3 is 5.32 Å². The SMILES string of the molecule is Cc1ccc(C)c(-c2csc(NC(=O)C3CCN(S(=O)(=O)c4ccc(S(C)(=O)=O)cc4)CC3)n2)c1. The van der Waals surface area contributed by atoms with Crippen molar-refractivity contribution in [3.8, 4) is 11.3 Å². The Hall–Kier alpha value is -2.60. The molecule has 0 saturated carbocycles. The lowest BCUT2D eigenvalue weighted by atomic mass is 9.97. The minimum absolute atomic E-state index is 0.0366. The summed E-state index contributed by atoms with van der Waals surface area (Å²) >= 11 is 1.36. The monoisotopic (exact) mass is 533 g/mol. The maximum atomic E-state index is 13.0. The third-order valence-electron chi connectivity index (χ3n) is 6.12. The number of aromatic nitrogens is 1. The van der Waals surface area contributed by atoms with Gasteiger partial charge in [-0.3, -0.25) is 4.79 Å². The predicted molar refractivity (Wildman–Crippen MR) is 137 cm³/mol. The van der Waals surface area contributed by atoms with Crippen molar-refractivity contribution in [2.75, 3.05) is 24.7 Å². The van der Waals surface area contributed by atoms with Gasteiger partial charge in [-0.05, 0) is 62.6 Å². The first-order valence-corrected chi connectivity index (χ1v) is 15.3. The van der Waals surface area contributed by atoms with Crippen LogP contribution in [0.15, 0.2) is 57.6 Å². The number of carbonyl (C=O) groups is 1. The highest BCUT2D eigenvalue weighted by Crippen LogP contribution is 2.30. The van der Waals surface area contributed by atoms with Crippen molar-refractivity contribution in [2.45, 2.75) is 36.5 Å². The van der Waals surface area contributed by atoms with E-state index in [1.165, 1.54) is 39.9 Å². The van der Waals surface area contributed by atoms with Gasteiger partial charge in [-0.2, -0.15) is 4.31 Å². The number of nitrogens with one attached hydrogen (secondary N) is 1. The number of thiazole rings is 1. The molecule has 3 aromatic rings. The highest BCUT2D eigenvalue weighted by Gasteiger charge is 2.32. The number of hydrogen-bond donors (Lipinski definition) is 1. The number of nitrogens with zero attached hydrogens (tertiary/aromatic N) is 2. The summed E-state index contributed by atoms with van der Waals surface area (Å²) in [5.41, 5.74) is 4.09. The summed E-state index contributed by atoms with van der Waals surface area (Å²) in [6, 6.07) is 11.4. The Morgan fingerprint density at radius 3 is 2.26 bits per heavy atom. The zero-order valence-corrected chi connectivity index (χ0v) is 22.1. The van der Waals surface area contributed by atoms with Gasteiger partial charge in [-0.15, -0.1) is 11.3 Å². The standard InChI is InChI=1S/C24H27N3O5S3/c1-16-4-5-17(2)21(14-16)22-15-33-24(25-22)26-23(28)18-10-12-27(13-11-18)35(31,32)20-8-6-19(7-9-20)34(3,29)30/h4-9,14-15,18H,10-13H2,1-3H3,(H,25,26,28). The van der Waals surface area contributed by atoms with Crippen molar-refractivity contribution in [3.05, 3.63) is 59.0 Å². The second-order valence-electron chi connectivity index (χ2n) is 8.77. The quantitative estimate of drug-likeness (QED) is 0.515. The Bertz CT molecular complexity index is 1450. The maximum absolute atomic E-state index is 13.0. The molecule has 8 nitrogen and oxygen atoms in total. The van der Waals surface area contributed by atoms with Crippen molar-refractivity contribution in [1.82, 2.24) is 9.29 Å². The van der Waals surface area contributed by atoms with E-state index in [0.29, 0.717) is 18.0 Å². The molecule has 1 amide bonds. The van der Waals surface area contributed by atoms with E-state index in [-0.39, 0.29) is 34.7 Å². The van der Waals surface area contributed by atoms with Crippen molar-refractivity contribution >= 4 is 42.2 Å². The molecule has 35 heavy (non-hydrogen) atoms. The zero-order chi connectivity index (χ0) is 25.4. The molecule has 0 atom stereocenters. The van der Waals surface area contributed by atoms with Crippen LogP contribution in [0.2, 0.25) is 0 Å². The Morgan fingerprint density at radius 2 is 1.63 bits per heavy atom. The van der Waals surface area contributed by atoms with Gasteiger partial charge in [0.2, 0.25) is 15.9 Å². The molecule has 1 aliphatic rings. The number of anilines is 1. The fraction of sp³-hybridized carbons (Fsp3) is 0.333. The molecule has 186 valence electrons. The summed E-state index contributed by atoms with van der Waals surface area (Å²) in [6.07, 6.45) is 1.85. The molecule has 0 unspecified atom stereocenters. The van der Waals surface area contributed by atoms with E-state index in [2.05, 4.69) is 16.4 Å². The van der Waals surface area contributed by atoms with E-state index >= 15 is 0 Å². The van der Waals surface area contributed by atoms with Crippen LogP contribution in [0.5, 0.6) is 0 Å². The normalized spacial score (nSPS) is 15.7. The van der Waals surface area contributed by atoms with Crippen LogP contribution in [0, 0.1) is 19.8 Å². The lowest BCUT2D eigenvalue weighted by Gasteiger charge is -2.30. The van der Waals surface area contributed by atoms with Gasteiger partial charge in [0, 0.05) is 36.2 Å². The first-order chi connectivity index (χ1) is 16.4. The number of rotatable bonds is 6. The smallest absolute Gasteiger partial charge is 0.243 e. The third-order valence-corrected chi connectivity index (χ3v) is 9.92.